The van der Waals surface area contributed by atoms with Gasteiger partial charge in [0.1, 0.15) is 17.3 Å². The van der Waals surface area contributed by atoms with Crippen molar-refractivity contribution in [2.24, 2.45) is 0 Å². The zero-order valence-electron chi connectivity index (χ0n) is 11.7. The van der Waals surface area contributed by atoms with Crippen LogP contribution in [0.5, 0.6) is 0 Å². The fourth-order valence-electron chi connectivity index (χ4n) is 2.07. The quantitative estimate of drug-likeness (QED) is 0.880. The summed E-state index contributed by atoms with van der Waals surface area (Å²) in [5, 5.41) is 3.31. The van der Waals surface area contributed by atoms with Crippen LogP contribution in [0, 0.1) is 5.82 Å². The van der Waals surface area contributed by atoms with Crippen molar-refractivity contribution in [3.8, 4) is 11.5 Å². The minimum Gasteiger partial charge on any atom is -0.369 e. The molecule has 2 aromatic rings. The molecule has 1 aliphatic carbocycles. The lowest BCUT2D eigenvalue weighted by molar-refractivity contribution is 0.621. The molecule has 2 aromatic heterocycles. The van der Waals surface area contributed by atoms with Crippen LogP contribution in [-0.4, -0.2) is 21.5 Å². The lowest BCUT2D eigenvalue weighted by Crippen LogP contribution is -2.07. The minimum absolute atomic E-state index is 0.359. The van der Waals surface area contributed by atoms with E-state index in [1.54, 1.807) is 6.07 Å². The highest BCUT2D eigenvalue weighted by atomic mass is 79.9. The smallest absolute Gasteiger partial charge is 0.180 e. The van der Waals surface area contributed by atoms with Crippen LogP contribution in [0.15, 0.2) is 22.8 Å². The summed E-state index contributed by atoms with van der Waals surface area (Å²) in [6.07, 6.45) is 4.51. The molecule has 1 aliphatic rings. The first-order chi connectivity index (χ1) is 10.2. The second-order valence-electron chi connectivity index (χ2n) is 5.16. The monoisotopic (exact) mass is 350 g/mol. The van der Waals surface area contributed by atoms with Crippen molar-refractivity contribution in [3.63, 3.8) is 0 Å². The van der Waals surface area contributed by atoms with Crippen LogP contribution in [0.4, 0.5) is 10.2 Å². The molecule has 0 atom stereocenters. The Hall–Kier alpha value is -1.56. The maximum Gasteiger partial charge on any atom is 0.180 e. The number of aromatic nitrogens is 3. The molecule has 0 unspecified atom stereocenters. The van der Waals surface area contributed by atoms with E-state index in [-0.39, 0.29) is 5.82 Å². The standard InChI is InChI=1S/C15H16BrFN4/c1-2-7-18-15-12(16)13(9-3-4-9)20-14(21-15)11-6-5-10(17)8-19-11/h5-6,8-9H,2-4,7H2,1H3,(H,18,20,21). The molecule has 0 radical (unpaired) electrons. The second-order valence-corrected chi connectivity index (χ2v) is 5.95. The number of halogens is 2. The van der Waals surface area contributed by atoms with Crippen LogP contribution in [0.1, 0.15) is 37.8 Å². The zero-order chi connectivity index (χ0) is 14.8. The molecular formula is C15H16BrFN4. The Kier molecular flexibility index (Phi) is 4.14. The molecule has 110 valence electrons. The maximum atomic E-state index is 13.0. The summed E-state index contributed by atoms with van der Waals surface area (Å²) in [4.78, 5) is 13.2. The van der Waals surface area contributed by atoms with Crippen molar-refractivity contribution in [1.82, 2.24) is 15.0 Å². The van der Waals surface area contributed by atoms with E-state index in [1.165, 1.54) is 12.3 Å². The van der Waals surface area contributed by atoms with E-state index in [9.17, 15) is 4.39 Å². The summed E-state index contributed by atoms with van der Waals surface area (Å²) in [7, 11) is 0. The molecule has 4 nitrogen and oxygen atoms in total. The van der Waals surface area contributed by atoms with Crippen LogP contribution in [-0.2, 0) is 0 Å². The van der Waals surface area contributed by atoms with Gasteiger partial charge in [0.25, 0.3) is 0 Å². The second kappa shape index (κ2) is 6.05. The molecule has 21 heavy (non-hydrogen) atoms. The van der Waals surface area contributed by atoms with Gasteiger partial charge >= 0.3 is 0 Å². The lowest BCUT2D eigenvalue weighted by atomic mass is 10.2. The van der Waals surface area contributed by atoms with Crippen LogP contribution >= 0.6 is 15.9 Å². The average Bonchev–Trinajstić information content (AvgIpc) is 3.32. The van der Waals surface area contributed by atoms with E-state index >= 15 is 0 Å². The first kappa shape index (κ1) is 14.4. The van der Waals surface area contributed by atoms with Gasteiger partial charge in [0.15, 0.2) is 5.82 Å². The van der Waals surface area contributed by atoms with Crippen molar-refractivity contribution in [2.45, 2.75) is 32.1 Å². The number of nitrogens with zero attached hydrogens (tertiary/aromatic N) is 3. The third-order valence-corrected chi connectivity index (χ3v) is 4.12. The van der Waals surface area contributed by atoms with E-state index in [1.807, 2.05) is 0 Å². The van der Waals surface area contributed by atoms with E-state index in [4.69, 9.17) is 0 Å². The van der Waals surface area contributed by atoms with Gasteiger partial charge in [0.05, 0.1) is 16.4 Å². The summed E-state index contributed by atoms with van der Waals surface area (Å²) in [6, 6.07) is 2.99. The van der Waals surface area contributed by atoms with Crippen molar-refractivity contribution < 1.29 is 4.39 Å². The van der Waals surface area contributed by atoms with Crippen LogP contribution in [0.25, 0.3) is 11.5 Å². The topological polar surface area (TPSA) is 50.7 Å². The zero-order valence-corrected chi connectivity index (χ0v) is 13.3. The van der Waals surface area contributed by atoms with E-state index in [0.717, 1.165) is 41.8 Å². The van der Waals surface area contributed by atoms with E-state index in [0.29, 0.717) is 17.4 Å². The minimum atomic E-state index is -0.359. The first-order valence-electron chi connectivity index (χ1n) is 7.12. The summed E-state index contributed by atoms with van der Waals surface area (Å²) in [5.74, 6) is 1.46. The molecule has 0 saturated heterocycles. The van der Waals surface area contributed by atoms with Crippen molar-refractivity contribution in [2.75, 3.05) is 11.9 Å². The van der Waals surface area contributed by atoms with Gasteiger partial charge < -0.3 is 5.32 Å². The van der Waals surface area contributed by atoms with Gasteiger partial charge in [0.2, 0.25) is 0 Å². The number of anilines is 1. The predicted octanol–water partition coefficient (Wildman–Crippen LogP) is 4.14. The Labute approximate surface area is 131 Å². The molecule has 1 saturated carbocycles. The Morgan fingerprint density at radius 2 is 2.14 bits per heavy atom. The molecule has 2 heterocycles. The van der Waals surface area contributed by atoms with Crippen molar-refractivity contribution in [1.29, 1.82) is 0 Å². The fourth-order valence-corrected chi connectivity index (χ4v) is 2.72. The van der Waals surface area contributed by atoms with Gasteiger partial charge in [0, 0.05) is 12.5 Å². The number of hydrogen-bond acceptors (Lipinski definition) is 4. The SMILES string of the molecule is CCCNc1nc(-c2ccc(F)cn2)nc(C2CC2)c1Br. The van der Waals surface area contributed by atoms with Gasteiger partial charge in [-0.2, -0.15) is 0 Å². The number of nitrogens with one attached hydrogen (secondary N) is 1. The van der Waals surface area contributed by atoms with Crippen molar-refractivity contribution >= 4 is 21.7 Å². The predicted molar refractivity (Wildman–Crippen MR) is 83.7 cm³/mol. The number of rotatable bonds is 5. The highest BCUT2D eigenvalue weighted by Crippen LogP contribution is 2.44. The molecular weight excluding hydrogens is 335 g/mol. The molecule has 0 aromatic carbocycles. The van der Waals surface area contributed by atoms with Crippen LogP contribution in [0.3, 0.4) is 0 Å². The van der Waals surface area contributed by atoms with Crippen molar-refractivity contribution in [3.05, 3.63) is 34.3 Å². The molecule has 1 N–H and O–H groups in total. The van der Waals surface area contributed by atoms with Gasteiger partial charge in [-0.1, -0.05) is 6.92 Å². The molecule has 3 rings (SSSR count). The maximum absolute atomic E-state index is 13.0. The molecule has 0 amide bonds. The largest absolute Gasteiger partial charge is 0.369 e. The van der Waals surface area contributed by atoms with Gasteiger partial charge in [-0.3, -0.25) is 0 Å². The summed E-state index contributed by atoms with van der Waals surface area (Å²) in [6.45, 7) is 2.95. The van der Waals surface area contributed by atoms with E-state index < -0.39 is 0 Å². The molecule has 0 aliphatic heterocycles. The highest BCUT2D eigenvalue weighted by molar-refractivity contribution is 9.10. The van der Waals surface area contributed by atoms with Crippen LogP contribution < -0.4 is 5.32 Å². The lowest BCUT2D eigenvalue weighted by Gasteiger charge is -2.12. The molecule has 0 bridgehead atoms. The van der Waals surface area contributed by atoms with Crippen LogP contribution in [0.2, 0.25) is 0 Å². The normalized spacial score (nSPS) is 14.2. The number of pyridine rings is 1. The summed E-state index contributed by atoms with van der Waals surface area (Å²) < 4.78 is 13.9. The highest BCUT2D eigenvalue weighted by Gasteiger charge is 2.29. The first-order valence-corrected chi connectivity index (χ1v) is 7.91. The fraction of sp³-hybridized carbons (Fsp3) is 0.400. The Balaban J connectivity index is 2.03. The Bertz CT molecular complexity index is 641. The molecule has 0 spiro atoms. The average molecular weight is 351 g/mol. The number of hydrogen-bond donors (Lipinski definition) is 1. The molecule has 1 fully saturated rings. The summed E-state index contributed by atoms with van der Waals surface area (Å²) >= 11 is 3.60. The third kappa shape index (κ3) is 3.20. The van der Waals surface area contributed by atoms with Gasteiger partial charge in [-0.15, -0.1) is 0 Å². The Morgan fingerprint density at radius 1 is 1.33 bits per heavy atom. The molecule has 6 heteroatoms. The summed E-state index contributed by atoms with van der Waals surface area (Å²) in [5.41, 5.74) is 1.61. The van der Waals surface area contributed by atoms with Gasteiger partial charge in [-0.05, 0) is 47.3 Å². The Morgan fingerprint density at radius 3 is 2.76 bits per heavy atom. The van der Waals surface area contributed by atoms with E-state index in [2.05, 4.69) is 43.1 Å². The van der Waals surface area contributed by atoms with Gasteiger partial charge in [-0.25, -0.2) is 19.3 Å². The third-order valence-electron chi connectivity index (χ3n) is 3.34.